The van der Waals surface area contributed by atoms with Crippen LogP contribution >= 0.6 is 11.6 Å². The van der Waals surface area contributed by atoms with Gasteiger partial charge < -0.3 is 4.90 Å². The van der Waals surface area contributed by atoms with Gasteiger partial charge in [-0.05, 0) is 44.6 Å². The Labute approximate surface area is 162 Å². The van der Waals surface area contributed by atoms with Gasteiger partial charge in [-0.25, -0.2) is 13.1 Å². The molecule has 0 heterocycles. The summed E-state index contributed by atoms with van der Waals surface area (Å²) in [7, 11) is -3.53. The third-order valence-electron chi connectivity index (χ3n) is 4.71. The average molecular weight is 397 g/mol. The molecular weight excluding hydrogens is 368 g/mol. The summed E-state index contributed by atoms with van der Waals surface area (Å²) in [6.45, 7) is 8.12. The van der Waals surface area contributed by atoms with Gasteiger partial charge in [0.2, 0.25) is 10.0 Å². The SMILES string of the molecule is CCN(CC)CCCCCCNS(=O)(=O)c1cccc2c(Cl)cccc12. The van der Waals surface area contributed by atoms with Gasteiger partial charge in [0.1, 0.15) is 0 Å². The second-order valence-corrected chi connectivity index (χ2v) is 8.57. The molecular formula is C20H29ClN2O2S. The van der Waals surface area contributed by atoms with Crippen LogP contribution in [0.25, 0.3) is 10.8 Å². The molecule has 0 fully saturated rings. The van der Waals surface area contributed by atoms with Crippen molar-refractivity contribution in [1.82, 2.24) is 9.62 Å². The van der Waals surface area contributed by atoms with Crippen molar-refractivity contribution < 1.29 is 8.42 Å². The highest BCUT2D eigenvalue weighted by molar-refractivity contribution is 7.89. The van der Waals surface area contributed by atoms with Gasteiger partial charge in [-0.3, -0.25) is 0 Å². The summed E-state index contributed by atoms with van der Waals surface area (Å²) in [6.07, 6.45) is 4.17. The molecule has 0 atom stereocenters. The van der Waals surface area contributed by atoms with Crippen LogP contribution in [0.2, 0.25) is 5.02 Å². The van der Waals surface area contributed by atoms with Crippen LogP contribution in [0.4, 0.5) is 0 Å². The Hall–Kier alpha value is -1.14. The second-order valence-electron chi connectivity index (χ2n) is 6.43. The fourth-order valence-corrected chi connectivity index (χ4v) is 4.65. The van der Waals surface area contributed by atoms with Crippen molar-refractivity contribution in [1.29, 1.82) is 0 Å². The van der Waals surface area contributed by atoms with Crippen molar-refractivity contribution in [2.75, 3.05) is 26.2 Å². The third kappa shape index (κ3) is 5.68. The number of fused-ring (bicyclic) bond motifs is 1. The van der Waals surface area contributed by atoms with E-state index in [0.717, 1.165) is 50.7 Å². The van der Waals surface area contributed by atoms with Crippen molar-refractivity contribution in [2.45, 2.75) is 44.4 Å². The normalized spacial score (nSPS) is 12.2. The lowest BCUT2D eigenvalue weighted by Gasteiger charge is -2.17. The first kappa shape index (κ1) is 21.2. The molecule has 2 aromatic rings. The molecule has 0 saturated carbocycles. The number of benzene rings is 2. The highest BCUT2D eigenvalue weighted by atomic mass is 35.5. The lowest BCUT2D eigenvalue weighted by molar-refractivity contribution is 0.295. The maximum absolute atomic E-state index is 12.7. The third-order valence-corrected chi connectivity index (χ3v) is 6.55. The first-order valence-electron chi connectivity index (χ1n) is 9.39. The molecule has 4 nitrogen and oxygen atoms in total. The van der Waals surface area contributed by atoms with Crippen LogP contribution in [-0.4, -0.2) is 39.5 Å². The van der Waals surface area contributed by atoms with Crippen molar-refractivity contribution in [3.05, 3.63) is 41.4 Å². The van der Waals surface area contributed by atoms with Crippen LogP contribution in [0.3, 0.4) is 0 Å². The van der Waals surface area contributed by atoms with Gasteiger partial charge >= 0.3 is 0 Å². The summed E-state index contributed by atoms with van der Waals surface area (Å²) in [5.74, 6) is 0. The molecule has 0 aliphatic carbocycles. The van der Waals surface area contributed by atoms with Crippen LogP contribution in [0.5, 0.6) is 0 Å². The predicted molar refractivity (Wildman–Crippen MR) is 110 cm³/mol. The molecule has 0 saturated heterocycles. The van der Waals surface area contributed by atoms with Gasteiger partial charge in [0.25, 0.3) is 0 Å². The molecule has 0 spiro atoms. The number of nitrogens with one attached hydrogen (secondary N) is 1. The first-order valence-corrected chi connectivity index (χ1v) is 11.2. The van der Waals surface area contributed by atoms with E-state index in [-0.39, 0.29) is 0 Å². The summed E-state index contributed by atoms with van der Waals surface area (Å²) in [5, 5.41) is 1.98. The number of hydrogen-bond acceptors (Lipinski definition) is 3. The number of rotatable bonds is 11. The van der Waals surface area contributed by atoms with Crippen molar-refractivity contribution in [2.24, 2.45) is 0 Å². The molecule has 0 aliphatic rings. The van der Waals surface area contributed by atoms with E-state index in [0.29, 0.717) is 21.8 Å². The van der Waals surface area contributed by atoms with Crippen LogP contribution < -0.4 is 4.72 Å². The Morgan fingerprint density at radius 2 is 1.58 bits per heavy atom. The largest absolute Gasteiger partial charge is 0.304 e. The van der Waals surface area contributed by atoms with Crippen molar-refractivity contribution >= 4 is 32.4 Å². The van der Waals surface area contributed by atoms with E-state index in [9.17, 15) is 8.42 Å². The van der Waals surface area contributed by atoms with Crippen LogP contribution in [0.1, 0.15) is 39.5 Å². The standard InChI is InChI=1S/C20H29ClN2O2S/c1-3-23(4-2)16-8-6-5-7-15-22-26(24,25)20-14-10-11-17-18(20)12-9-13-19(17)21/h9-14,22H,3-8,15-16H2,1-2H3. The van der Waals surface area contributed by atoms with E-state index in [1.165, 1.54) is 0 Å². The zero-order chi connectivity index (χ0) is 19.0. The monoisotopic (exact) mass is 396 g/mol. The Morgan fingerprint density at radius 1 is 0.923 bits per heavy atom. The van der Waals surface area contributed by atoms with E-state index >= 15 is 0 Å². The van der Waals surface area contributed by atoms with E-state index in [4.69, 9.17) is 11.6 Å². The number of halogens is 1. The van der Waals surface area contributed by atoms with Gasteiger partial charge in [0.15, 0.2) is 0 Å². The lowest BCUT2D eigenvalue weighted by Crippen LogP contribution is -2.25. The minimum atomic E-state index is -3.53. The van der Waals surface area contributed by atoms with Crippen LogP contribution in [0, 0.1) is 0 Å². The Bertz CT molecular complexity index is 805. The van der Waals surface area contributed by atoms with Gasteiger partial charge in [0, 0.05) is 22.3 Å². The quantitative estimate of drug-likeness (QED) is 0.561. The Morgan fingerprint density at radius 3 is 2.31 bits per heavy atom. The molecule has 144 valence electrons. The summed E-state index contributed by atoms with van der Waals surface area (Å²) in [5.41, 5.74) is 0. The molecule has 1 N–H and O–H groups in total. The first-order chi connectivity index (χ1) is 12.5. The maximum Gasteiger partial charge on any atom is 0.241 e. The fourth-order valence-electron chi connectivity index (χ4n) is 3.12. The average Bonchev–Trinajstić information content (AvgIpc) is 2.64. The molecule has 2 rings (SSSR count). The van der Waals surface area contributed by atoms with E-state index in [1.807, 2.05) is 6.07 Å². The zero-order valence-electron chi connectivity index (χ0n) is 15.7. The number of nitrogens with zero attached hydrogens (tertiary/aromatic N) is 1. The topological polar surface area (TPSA) is 49.4 Å². The van der Waals surface area contributed by atoms with E-state index in [2.05, 4.69) is 23.5 Å². The Kier molecular flexibility index (Phi) is 8.35. The summed E-state index contributed by atoms with van der Waals surface area (Å²) < 4.78 is 28.0. The van der Waals surface area contributed by atoms with Crippen molar-refractivity contribution in [3.8, 4) is 0 Å². The minimum absolute atomic E-state index is 0.291. The number of unbranched alkanes of at least 4 members (excludes halogenated alkanes) is 3. The second kappa shape index (κ2) is 10.3. The number of hydrogen-bond donors (Lipinski definition) is 1. The lowest BCUT2D eigenvalue weighted by atomic mass is 10.1. The van der Waals surface area contributed by atoms with Gasteiger partial charge in [-0.1, -0.05) is 62.6 Å². The van der Waals surface area contributed by atoms with Crippen molar-refractivity contribution in [3.63, 3.8) is 0 Å². The van der Waals surface area contributed by atoms with Gasteiger partial charge in [0.05, 0.1) is 4.90 Å². The van der Waals surface area contributed by atoms with Gasteiger partial charge in [-0.2, -0.15) is 0 Å². The van der Waals surface area contributed by atoms with E-state index < -0.39 is 10.0 Å². The van der Waals surface area contributed by atoms with E-state index in [1.54, 1.807) is 30.3 Å². The smallest absolute Gasteiger partial charge is 0.241 e. The molecule has 6 heteroatoms. The highest BCUT2D eigenvalue weighted by Crippen LogP contribution is 2.28. The summed E-state index contributed by atoms with van der Waals surface area (Å²) in [4.78, 5) is 2.70. The molecule has 0 amide bonds. The van der Waals surface area contributed by atoms with Gasteiger partial charge in [-0.15, -0.1) is 0 Å². The van der Waals surface area contributed by atoms with Crippen LogP contribution in [0.15, 0.2) is 41.3 Å². The summed E-state index contributed by atoms with van der Waals surface area (Å²) in [6, 6.07) is 10.5. The maximum atomic E-state index is 12.7. The summed E-state index contributed by atoms with van der Waals surface area (Å²) >= 11 is 6.18. The molecule has 2 aromatic carbocycles. The molecule has 0 aliphatic heterocycles. The molecule has 26 heavy (non-hydrogen) atoms. The highest BCUT2D eigenvalue weighted by Gasteiger charge is 2.17. The molecule has 0 bridgehead atoms. The predicted octanol–water partition coefficient (Wildman–Crippen LogP) is 4.67. The molecule has 0 aromatic heterocycles. The van der Waals surface area contributed by atoms with Crippen LogP contribution in [-0.2, 0) is 10.0 Å². The molecule has 0 radical (unpaired) electrons. The zero-order valence-corrected chi connectivity index (χ0v) is 17.2. The fraction of sp³-hybridized carbons (Fsp3) is 0.500. The Balaban J connectivity index is 1.86. The minimum Gasteiger partial charge on any atom is -0.304 e. The number of sulfonamides is 1. The molecule has 0 unspecified atom stereocenters.